The van der Waals surface area contributed by atoms with Crippen LogP contribution < -0.4 is 5.73 Å². The van der Waals surface area contributed by atoms with Crippen molar-refractivity contribution in [1.29, 1.82) is 0 Å². The lowest BCUT2D eigenvalue weighted by Crippen LogP contribution is -2.03. The summed E-state index contributed by atoms with van der Waals surface area (Å²) in [6.45, 7) is 0.645. The lowest BCUT2D eigenvalue weighted by Gasteiger charge is -2.16. The topological polar surface area (TPSA) is 39.2 Å². The van der Waals surface area contributed by atoms with E-state index in [9.17, 15) is 0 Å². The maximum atomic E-state index is 5.79. The van der Waals surface area contributed by atoms with E-state index in [0.717, 1.165) is 24.4 Å². The third-order valence-corrected chi connectivity index (χ3v) is 3.90. The fourth-order valence-corrected chi connectivity index (χ4v) is 2.89. The molecule has 0 radical (unpaired) electrons. The highest BCUT2D eigenvalue weighted by Gasteiger charge is 2.10. The number of hydrogen-bond acceptors (Lipinski definition) is 2. The van der Waals surface area contributed by atoms with E-state index in [4.69, 9.17) is 10.2 Å². The van der Waals surface area contributed by atoms with Crippen molar-refractivity contribution in [3.63, 3.8) is 0 Å². The zero-order valence-corrected chi connectivity index (χ0v) is 11.3. The molecular weight excluding hydrogens is 234 g/mol. The van der Waals surface area contributed by atoms with Crippen molar-refractivity contribution >= 4 is 0 Å². The Morgan fingerprint density at radius 2 is 1.74 bits per heavy atom. The summed E-state index contributed by atoms with van der Waals surface area (Å²) < 4.78 is 5.79. The van der Waals surface area contributed by atoms with Crippen LogP contribution in [-0.4, -0.2) is 6.54 Å². The van der Waals surface area contributed by atoms with Gasteiger partial charge < -0.3 is 10.2 Å². The van der Waals surface area contributed by atoms with Gasteiger partial charge in [-0.2, -0.15) is 0 Å². The summed E-state index contributed by atoms with van der Waals surface area (Å²) in [5.74, 6) is 2.04. The molecule has 0 aliphatic heterocycles. The molecule has 1 aromatic carbocycles. The molecule has 0 bridgehead atoms. The Morgan fingerprint density at radius 3 is 2.58 bits per heavy atom. The molecule has 2 N–H and O–H groups in total. The van der Waals surface area contributed by atoms with Crippen molar-refractivity contribution < 1.29 is 4.42 Å². The Balaban J connectivity index is 1.75. The van der Waals surface area contributed by atoms with Gasteiger partial charge in [0.1, 0.15) is 11.5 Å². The summed E-state index contributed by atoms with van der Waals surface area (Å²) in [4.78, 5) is 0. The van der Waals surface area contributed by atoms with E-state index in [1.165, 1.54) is 36.8 Å². The second kappa shape index (κ2) is 5.62. The molecule has 0 atom stereocenters. The number of furan rings is 1. The van der Waals surface area contributed by atoms with E-state index in [1.54, 1.807) is 5.56 Å². The van der Waals surface area contributed by atoms with Crippen LogP contribution in [0.3, 0.4) is 0 Å². The first-order valence-electron chi connectivity index (χ1n) is 7.23. The molecule has 19 heavy (non-hydrogen) atoms. The molecule has 0 fully saturated rings. The minimum absolute atomic E-state index is 0.645. The lowest BCUT2D eigenvalue weighted by atomic mass is 9.90. The Hall–Kier alpha value is -1.54. The number of rotatable bonds is 4. The third kappa shape index (κ3) is 2.90. The molecule has 0 unspecified atom stereocenters. The molecule has 0 amide bonds. The average Bonchev–Trinajstić information content (AvgIpc) is 2.86. The van der Waals surface area contributed by atoms with Gasteiger partial charge in [-0.3, -0.25) is 0 Å². The van der Waals surface area contributed by atoms with Gasteiger partial charge in [-0.15, -0.1) is 0 Å². The molecule has 1 aliphatic rings. The van der Waals surface area contributed by atoms with Crippen molar-refractivity contribution in [2.24, 2.45) is 5.73 Å². The van der Waals surface area contributed by atoms with Crippen LogP contribution in [0.1, 0.15) is 41.1 Å². The molecule has 100 valence electrons. The number of fused-ring (bicyclic) bond motifs is 1. The minimum Gasteiger partial charge on any atom is -0.466 e. The third-order valence-electron chi connectivity index (χ3n) is 3.90. The summed E-state index contributed by atoms with van der Waals surface area (Å²) in [5, 5.41) is 0. The summed E-state index contributed by atoms with van der Waals surface area (Å²) in [7, 11) is 0. The van der Waals surface area contributed by atoms with E-state index in [-0.39, 0.29) is 0 Å². The molecule has 2 heteroatoms. The van der Waals surface area contributed by atoms with Crippen LogP contribution in [0.2, 0.25) is 0 Å². The standard InChI is InChI=1S/C17H21NO/c18-10-9-16-7-8-17(19-16)12-13-5-6-14-3-1-2-4-15(14)11-13/h5-8,11H,1-4,9-10,12,18H2. The normalized spacial score (nSPS) is 14.4. The summed E-state index contributed by atoms with van der Waals surface area (Å²) in [6.07, 6.45) is 6.86. The van der Waals surface area contributed by atoms with Gasteiger partial charge in [0.25, 0.3) is 0 Å². The second-order valence-corrected chi connectivity index (χ2v) is 5.39. The predicted molar refractivity (Wildman–Crippen MR) is 77.4 cm³/mol. The highest BCUT2D eigenvalue weighted by atomic mass is 16.3. The van der Waals surface area contributed by atoms with E-state index >= 15 is 0 Å². The maximum absolute atomic E-state index is 5.79. The minimum atomic E-state index is 0.645. The van der Waals surface area contributed by atoms with E-state index in [1.807, 2.05) is 6.07 Å². The van der Waals surface area contributed by atoms with Gasteiger partial charge in [-0.05, 0) is 61.1 Å². The van der Waals surface area contributed by atoms with Crippen molar-refractivity contribution in [2.75, 3.05) is 6.54 Å². The van der Waals surface area contributed by atoms with Crippen LogP contribution in [-0.2, 0) is 25.7 Å². The lowest BCUT2D eigenvalue weighted by molar-refractivity contribution is 0.474. The van der Waals surface area contributed by atoms with Crippen LogP contribution in [0.4, 0.5) is 0 Å². The molecular formula is C17H21NO. The summed E-state index contributed by atoms with van der Waals surface area (Å²) >= 11 is 0. The first-order valence-corrected chi connectivity index (χ1v) is 7.23. The molecule has 2 nitrogen and oxygen atoms in total. The van der Waals surface area contributed by atoms with Crippen molar-refractivity contribution in [3.8, 4) is 0 Å². The molecule has 0 spiro atoms. The van der Waals surface area contributed by atoms with Crippen molar-refractivity contribution in [3.05, 3.63) is 58.5 Å². The zero-order valence-electron chi connectivity index (χ0n) is 11.3. The fourth-order valence-electron chi connectivity index (χ4n) is 2.89. The number of benzene rings is 1. The SMILES string of the molecule is NCCc1ccc(Cc2ccc3c(c2)CCCC3)o1. The number of aryl methyl sites for hydroxylation is 2. The van der Waals surface area contributed by atoms with Gasteiger partial charge >= 0.3 is 0 Å². The fraction of sp³-hybridized carbons (Fsp3) is 0.412. The predicted octanol–water partition coefficient (Wildman–Crippen LogP) is 3.25. The quantitative estimate of drug-likeness (QED) is 0.911. The monoisotopic (exact) mass is 255 g/mol. The Labute approximate surface area is 114 Å². The van der Waals surface area contributed by atoms with E-state index in [0.29, 0.717) is 6.54 Å². The molecule has 1 aromatic heterocycles. The van der Waals surface area contributed by atoms with Gasteiger partial charge in [-0.1, -0.05) is 18.2 Å². The highest BCUT2D eigenvalue weighted by Crippen LogP contribution is 2.23. The second-order valence-electron chi connectivity index (χ2n) is 5.39. The first-order chi connectivity index (χ1) is 9.35. The van der Waals surface area contributed by atoms with E-state index in [2.05, 4.69) is 24.3 Å². The first kappa shape index (κ1) is 12.5. The van der Waals surface area contributed by atoms with Crippen molar-refractivity contribution in [1.82, 2.24) is 0 Å². The molecule has 0 saturated carbocycles. The van der Waals surface area contributed by atoms with Crippen LogP contribution in [0.15, 0.2) is 34.7 Å². The molecule has 2 aromatic rings. The van der Waals surface area contributed by atoms with Crippen LogP contribution in [0.5, 0.6) is 0 Å². The van der Waals surface area contributed by atoms with Gasteiger partial charge in [0.05, 0.1) is 0 Å². The zero-order chi connectivity index (χ0) is 13.1. The molecule has 1 heterocycles. The summed E-state index contributed by atoms with van der Waals surface area (Å²) in [6, 6.07) is 11.0. The number of hydrogen-bond donors (Lipinski definition) is 1. The van der Waals surface area contributed by atoms with Crippen LogP contribution in [0, 0.1) is 0 Å². The Morgan fingerprint density at radius 1 is 0.947 bits per heavy atom. The van der Waals surface area contributed by atoms with Crippen molar-refractivity contribution in [2.45, 2.75) is 38.5 Å². The summed E-state index contributed by atoms with van der Waals surface area (Å²) in [5.41, 5.74) is 9.97. The van der Waals surface area contributed by atoms with Gasteiger partial charge in [0.2, 0.25) is 0 Å². The molecule has 3 rings (SSSR count). The van der Waals surface area contributed by atoms with Gasteiger partial charge in [0.15, 0.2) is 0 Å². The van der Waals surface area contributed by atoms with E-state index < -0.39 is 0 Å². The molecule has 0 saturated heterocycles. The largest absolute Gasteiger partial charge is 0.466 e. The maximum Gasteiger partial charge on any atom is 0.108 e. The smallest absolute Gasteiger partial charge is 0.108 e. The van der Waals surface area contributed by atoms with Crippen LogP contribution >= 0.6 is 0 Å². The Bertz CT molecular complexity index is 556. The highest BCUT2D eigenvalue weighted by molar-refractivity contribution is 5.35. The molecule has 1 aliphatic carbocycles. The van der Waals surface area contributed by atoms with Gasteiger partial charge in [-0.25, -0.2) is 0 Å². The average molecular weight is 255 g/mol. The van der Waals surface area contributed by atoms with Crippen LogP contribution in [0.25, 0.3) is 0 Å². The van der Waals surface area contributed by atoms with Gasteiger partial charge in [0, 0.05) is 12.8 Å². The number of nitrogens with two attached hydrogens (primary N) is 1. The Kier molecular flexibility index (Phi) is 3.69.